The molecule has 1 saturated carbocycles. The Morgan fingerprint density at radius 2 is 2.11 bits per heavy atom. The molecule has 0 aromatic heterocycles. The quantitative estimate of drug-likeness (QED) is 0.435. The van der Waals surface area contributed by atoms with E-state index in [0.29, 0.717) is 5.41 Å². The topological polar surface area (TPSA) is 0 Å². The summed E-state index contributed by atoms with van der Waals surface area (Å²) in [7, 11) is 0. The lowest BCUT2D eigenvalue weighted by atomic mass is 9.92. The van der Waals surface area contributed by atoms with Crippen molar-refractivity contribution < 1.29 is 0 Å². The van der Waals surface area contributed by atoms with Gasteiger partial charge in [0.1, 0.15) is 0 Å². The SMILES string of the molecule is CC=C1CCC(C)(C)C1. The van der Waals surface area contributed by atoms with Gasteiger partial charge in [-0.25, -0.2) is 0 Å². The third-order valence-corrected chi connectivity index (χ3v) is 2.24. The molecule has 0 aromatic carbocycles. The summed E-state index contributed by atoms with van der Waals surface area (Å²) in [6.45, 7) is 6.85. The summed E-state index contributed by atoms with van der Waals surface area (Å²) in [5, 5.41) is 0. The molecule has 1 fully saturated rings. The van der Waals surface area contributed by atoms with Gasteiger partial charge in [-0.3, -0.25) is 0 Å². The number of hydrogen-bond donors (Lipinski definition) is 0. The molecule has 0 heteroatoms. The van der Waals surface area contributed by atoms with Crippen LogP contribution in [0.4, 0.5) is 0 Å². The Kier molecular flexibility index (Phi) is 1.65. The zero-order valence-corrected chi connectivity index (χ0v) is 6.70. The second-order valence-corrected chi connectivity index (χ2v) is 3.79. The Bertz CT molecular complexity index is 129. The average Bonchev–Trinajstić information content (AvgIpc) is 2.10. The van der Waals surface area contributed by atoms with E-state index in [-0.39, 0.29) is 0 Å². The van der Waals surface area contributed by atoms with Gasteiger partial charge in [0.2, 0.25) is 0 Å². The Balaban J connectivity index is 2.57. The predicted octanol–water partition coefficient (Wildman–Crippen LogP) is 3.14. The Labute approximate surface area is 58.0 Å². The average molecular weight is 124 g/mol. The third-order valence-electron chi connectivity index (χ3n) is 2.24. The number of rotatable bonds is 0. The van der Waals surface area contributed by atoms with Crippen molar-refractivity contribution in [2.75, 3.05) is 0 Å². The summed E-state index contributed by atoms with van der Waals surface area (Å²) >= 11 is 0. The zero-order chi connectivity index (χ0) is 6.91. The van der Waals surface area contributed by atoms with Crippen LogP contribution in [-0.4, -0.2) is 0 Å². The molecular formula is C9H16. The minimum absolute atomic E-state index is 0.599. The molecule has 9 heavy (non-hydrogen) atoms. The fourth-order valence-corrected chi connectivity index (χ4v) is 1.54. The lowest BCUT2D eigenvalue weighted by Gasteiger charge is -2.14. The molecule has 0 N–H and O–H groups in total. The van der Waals surface area contributed by atoms with E-state index >= 15 is 0 Å². The van der Waals surface area contributed by atoms with Gasteiger partial charge in [0.15, 0.2) is 0 Å². The van der Waals surface area contributed by atoms with Crippen molar-refractivity contribution in [1.29, 1.82) is 0 Å². The molecule has 0 saturated heterocycles. The van der Waals surface area contributed by atoms with Crippen LogP contribution in [0.1, 0.15) is 40.0 Å². The standard InChI is InChI=1S/C9H16/c1-4-8-5-6-9(2,3)7-8/h4H,5-7H2,1-3H3. The van der Waals surface area contributed by atoms with Crippen LogP contribution in [0.15, 0.2) is 11.6 Å². The largest absolute Gasteiger partial charge is 0.0884 e. The van der Waals surface area contributed by atoms with E-state index in [4.69, 9.17) is 0 Å². The van der Waals surface area contributed by atoms with Gasteiger partial charge >= 0.3 is 0 Å². The highest BCUT2D eigenvalue weighted by atomic mass is 14.3. The highest BCUT2D eigenvalue weighted by Crippen LogP contribution is 2.40. The van der Waals surface area contributed by atoms with Crippen LogP contribution in [0.2, 0.25) is 0 Å². The first-order valence-corrected chi connectivity index (χ1v) is 3.78. The van der Waals surface area contributed by atoms with Crippen LogP contribution in [0.3, 0.4) is 0 Å². The molecule has 1 aliphatic carbocycles. The van der Waals surface area contributed by atoms with E-state index in [9.17, 15) is 0 Å². The van der Waals surface area contributed by atoms with Crippen LogP contribution in [-0.2, 0) is 0 Å². The molecule has 0 radical (unpaired) electrons. The summed E-state index contributed by atoms with van der Waals surface area (Å²) in [4.78, 5) is 0. The van der Waals surface area contributed by atoms with Gasteiger partial charge in [-0.2, -0.15) is 0 Å². The molecule has 0 amide bonds. The van der Waals surface area contributed by atoms with E-state index < -0.39 is 0 Å². The van der Waals surface area contributed by atoms with Gasteiger partial charge in [0.25, 0.3) is 0 Å². The van der Waals surface area contributed by atoms with Gasteiger partial charge < -0.3 is 0 Å². The molecule has 0 heterocycles. The third kappa shape index (κ3) is 1.57. The fraction of sp³-hybridized carbons (Fsp3) is 0.778. The van der Waals surface area contributed by atoms with Gasteiger partial charge in [-0.05, 0) is 31.6 Å². The van der Waals surface area contributed by atoms with Crippen molar-refractivity contribution in [1.82, 2.24) is 0 Å². The van der Waals surface area contributed by atoms with Gasteiger partial charge in [-0.15, -0.1) is 0 Å². The maximum Gasteiger partial charge on any atom is -0.0269 e. The van der Waals surface area contributed by atoms with Crippen LogP contribution in [0.5, 0.6) is 0 Å². The molecule has 0 nitrogen and oxygen atoms in total. The van der Waals surface area contributed by atoms with Crippen molar-refractivity contribution in [3.05, 3.63) is 11.6 Å². The molecule has 0 aromatic rings. The molecule has 1 rings (SSSR count). The summed E-state index contributed by atoms with van der Waals surface area (Å²) in [5.74, 6) is 0. The van der Waals surface area contributed by atoms with Crippen molar-refractivity contribution in [2.45, 2.75) is 40.0 Å². The lowest BCUT2D eigenvalue weighted by Crippen LogP contribution is -2.02. The van der Waals surface area contributed by atoms with E-state index in [2.05, 4.69) is 26.8 Å². The molecule has 0 unspecified atom stereocenters. The summed E-state index contributed by atoms with van der Waals surface area (Å²) in [6.07, 6.45) is 6.31. The molecule has 0 aliphatic heterocycles. The highest BCUT2D eigenvalue weighted by Gasteiger charge is 2.25. The van der Waals surface area contributed by atoms with Crippen molar-refractivity contribution in [3.63, 3.8) is 0 Å². The maximum atomic E-state index is 2.35. The molecule has 0 spiro atoms. The minimum Gasteiger partial charge on any atom is -0.0884 e. The van der Waals surface area contributed by atoms with Crippen LogP contribution in [0.25, 0.3) is 0 Å². The van der Waals surface area contributed by atoms with Crippen molar-refractivity contribution in [2.24, 2.45) is 5.41 Å². The number of hydrogen-bond acceptors (Lipinski definition) is 0. The first-order valence-electron chi connectivity index (χ1n) is 3.78. The molecular weight excluding hydrogens is 108 g/mol. The number of allylic oxidation sites excluding steroid dienone is 2. The van der Waals surface area contributed by atoms with Gasteiger partial charge in [0, 0.05) is 0 Å². The Morgan fingerprint density at radius 3 is 2.33 bits per heavy atom. The molecule has 52 valence electrons. The second-order valence-electron chi connectivity index (χ2n) is 3.79. The summed E-state index contributed by atoms with van der Waals surface area (Å²) in [6, 6.07) is 0. The maximum absolute atomic E-state index is 2.35. The minimum atomic E-state index is 0.599. The highest BCUT2D eigenvalue weighted by molar-refractivity contribution is 5.09. The Morgan fingerprint density at radius 1 is 1.44 bits per heavy atom. The molecule has 1 aliphatic rings. The van der Waals surface area contributed by atoms with Gasteiger partial charge in [-0.1, -0.05) is 25.5 Å². The second kappa shape index (κ2) is 2.17. The van der Waals surface area contributed by atoms with E-state index in [1.807, 2.05) is 0 Å². The summed E-state index contributed by atoms with van der Waals surface area (Å²) in [5.41, 5.74) is 2.25. The Hall–Kier alpha value is -0.260. The zero-order valence-electron chi connectivity index (χ0n) is 6.70. The first-order chi connectivity index (χ1) is 4.14. The molecule has 0 bridgehead atoms. The lowest BCUT2D eigenvalue weighted by molar-refractivity contribution is 0.389. The van der Waals surface area contributed by atoms with Gasteiger partial charge in [0.05, 0.1) is 0 Å². The normalized spacial score (nSPS) is 29.4. The van der Waals surface area contributed by atoms with Crippen LogP contribution in [0, 0.1) is 5.41 Å². The predicted molar refractivity (Wildman–Crippen MR) is 41.4 cm³/mol. The summed E-state index contributed by atoms with van der Waals surface area (Å²) < 4.78 is 0. The molecule has 0 atom stereocenters. The van der Waals surface area contributed by atoms with E-state index in [1.54, 1.807) is 5.57 Å². The smallest absolute Gasteiger partial charge is 0.0269 e. The fourth-order valence-electron chi connectivity index (χ4n) is 1.54. The van der Waals surface area contributed by atoms with Crippen LogP contribution >= 0.6 is 0 Å². The van der Waals surface area contributed by atoms with Crippen LogP contribution < -0.4 is 0 Å². The van der Waals surface area contributed by atoms with Crippen molar-refractivity contribution >= 4 is 0 Å². The van der Waals surface area contributed by atoms with Crippen molar-refractivity contribution in [3.8, 4) is 0 Å². The van der Waals surface area contributed by atoms with E-state index in [0.717, 1.165) is 0 Å². The first kappa shape index (κ1) is 6.85. The monoisotopic (exact) mass is 124 g/mol. The van der Waals surface area contributed by atoms with E-state index in [1.165, 1.54) is 19.3 Å².